The van der Waals surface area contributed by atoms with Crippen LogP contribution >= 0.6 is 11.3 Å². The second-order valence-electron chi connectivity index (χ2n) is 4.37. The molecule has 0 N–H and O–H groups in total. The smallest absolute Gasteiger partial charge is 0.282 e. The number of carbonyl (C=O) groups excluding carboxylic acids is 1. The second-order valence-corrected chi connectivity index (χ2v) is 5.57. The maximum Gasteiger partial charge on any atom is 0.282 e. The predicted octanol–water partition coefficient (Wildman–Crippen LogP) is 2.78. The monoisotopic (exact) mass is 238 g/mol. The Labute approximate surface area is 100 Å². The van der Waals surface area contributed by atoms with Gasteiger partial charge in [-0.05, 0) is 26.7 Å². The third-order valence-electron chi connectivity index (χ3n) is 3.10. The van der Waals surface area contributed by atoms with Crippen molar-refractivity contribution >= 4 is 17.2 Å². The topological polar surface area (TPSA) is 33.2 Å². The van der Waals surface area contributed by atoms with Crippen molar-refractivity contribution in [2.24, 2.45) is 0 Å². The average molecular weight is 238 g/mol. The van der Waals surface area contributed by atoms with E-state index in [1.807, 2.05) is 18.7 Å². The van der Waals surface area contributed by atoms with Crippen LogP contribution in [-0.4, -0.2) is 28.9 Å². The molecule has 16 heavy (non-hydrogen) atoms. The van der Waals surface area contributed by atoms with Gasteiger partial charge in [-0.25, -0.2) is 4.98 Å². The molecule has 88 valence electrons. The molecule has 1 aromatic rings. The van der Waals surface area contributed by atoms with E-state index in [4.69, 9.17) is 0 Å². The van der Waals surface area contributed by atoms with Crippen LogP contribution in [0.1, 0.15) is 46.1 Å². The largest absolute Gasteiger partial charge is 0.337 e. The number of likely N-dealkylation sites (tertiary alicyclic amines) is 1. The summed E-state index contributed by atoms with van der Waals surface area (Å²) in [5.41, 5.74) is 0.989. The normalized spacial score (nSPS) is 17.2. The van der Waals surface area contributed by atoms with Crippen LogP contribution in [0.5, 0.6) is 0 Å². The van der Waals surface area contributed by atoms with Gasteiger partial charge in [0.15, 0.2) is 5.01 Å². The van der Waals surface area contributed by atoms with E-state index in [1.165, 1.54) is 24.2 Å². The second kappa shape index (κ2) is 4.95. The Hall–Kier alpha value is -0.900. The summed E-state index contributed by atoms with van der Waals surface area (Å²) in [6.07, 6.45) is 4.77. The summed E-state index contributed by atoms with van der Waals surface area (Å²) in [5.74, 6) is 0.128. The summed E-state index contributed by atoms with van der Waals surface area (Å²) in [4.78, 5) is 19.6. The number of hydrogen-bond donors (Lipinski definition) is 0. The number of thiazole rings is 1. The van der Waals surface area contributed by atoms with Gasteiger partial charge < -0.3 is 4.90 Å². The number of hydrogen-bond acceptors (Lipinski definition) is 3. The van der Waals surface area contributed by atoms with E-state index >= 15 is 0 Å². The average Bonchev–Trinajstić information content (AvgIpc) is 2.51. The maximum absolute atomic E-state index is 12.2. The Balaban J connectivity index is 2.11. The van der Waals surface area contributed by atoms with Crippen LogP contribution in [0.15, 0.2) is 0 Å². The van der Waals surface area contributed by atoms with Crippen LogP contribution in [0.2, 0.25) is 0 Å². The molecule has 0 unspecified atom stereocenters. The van der Waals surface area contributed by atoms with Crippen LogP contribution < -0.4 is 0 Å². The molecule has 0 aromatic carbocycles. The molecule has 3 nitrogen and oxygen atoms in total. The van der Waals surface area contributed by atoms with E-state index < -0.39 is 0 Å². The van der Waals surface area contributed by atoms with Gasteiger partial charge in [0.2, 0.25) is 0 Å². The molecule has 1 aromatic heterocycles. The van der Waals surface area contributed by atoms with Crippen LogP contribution in [0.4, 0.5) is 0 Å². The Morgan fingerprint density at radius 1 is 1.19 bits per heavy atom. The van der Waals surface area contributed by atoms with Gasteiger partial charge in [-0.1, -0.05) is 12.8 Å². The minimum absolute atomic E-state index is 0.128. The highest BCUT2D eigenvalue weighted by atomic mass is 32.1. The quantitative estimate of drug-likeness (QED) is 0.753. The van der Waals surface area contributed by atoms with E-state index in [9.17, 15) is 4.79 Å². The van der Waals surface area contributed by atoms with Gasteiger partial charge in [-0.2, -0.15) is 0 Å². The Kier molecular flexibility index (Phi) is 3.59. The van der Waals surface area contributed by atoms with Gasteiger partial charge >= 0.3 is 0 Å². The summed E-state index contributed by atoms with van der Waals surface area (Å²) in [5, 5.41) is 0.664. The van der Waals surface area contributed by atoms with E-state index in [0.29, 0.717) is 5.01 Å². The summed E-state index contributed by atoms with van der Waals surface area (Å²) < 4.78 is 0. The fraction of sp³-hybridized carbons (Fsp3) is 0.667. The zero-order chi connectivity index (χ0) is 11.5. The third kappa shape index (κ3) is 2.43. The van der Waals surface area contributed by atoms with Crippen molar-refractivity contribution in [3.63, 3.8) is 0 Å². The van der Waals surface area contributed by atoms with Gasteiger partial charge in [-0.15, -0.1) is 11.3 Å². The Bertz CT molecular complexity index is 359. The van der Waals surface area contributed by atoms with Crippen LogP contribution in [0.3, 0.4) is 0 Å². The van der Waals surface area contributed by atoms with Gasteiger partial charge in [0, 0.05) is 18.0 Å². The van der Waals surface area contributed by atoms with Crippen LogP contribution in [0, 0.1) is 13.8 Å². The molecule has 2 rings (SSSR count). The first-order valence-corrected chi connectivity index (χ1v) is 6.73. The lowest BCUT2D eigenvalue weighted by molar-refractivity contribution is 0.0761. The van der Waals surface area contributed by atoms with Crippen molar-refractivity contribution in [3.05, 3.63) is 15.6 Å². The lowest BCUT2D eigenvalue weighted by Gasteiger charge is -2.18. The summed E-state index contributed by atoms with van der Waals surface area (Å²) in [6, 6.07) is 0. The van der Waals surface area contributed by atoms with Crippen molar-refractivity contribution in [3.8, 4) is 0 Å². The fourth-order valence-electron chi connectivity index (χ4n) is 1.97. The first-order chi connectivity index (χ1) is 7.68. The zero-order valence-corrected chi connectivity index (χ0v) is 10.8. The van der Waals surface area contributed by atoms with Crippen molar-refractivity contribution in [2.75, 3.05) is 13.1 Å². The van der Waals surface area contributed by atoms with Crippen LogP contribution in [0.25, 0.3) is 0 Å². The number of aryl methyl sites for hydroxylation is 2. The Morgan fingerprint density at radius 3 is 2.31 bits per heavy atom. The molecule has 1 fully saturated rings. The minimum atomic E-state index is 0.128. The van der Waals surface area contributed by atoms with E-state index in [-0.39, 0.29) is 5.91 Å². The maximum atomic E-state index is 12.2. The van der Waals surface area contributed by atoms with E-state index in [1.54, 1.807) is 0 Å². The molecule has 0 aliphatic carbocycles. The number of carbonyl (C=O) groups is 1. The lowest BCUT2D eigenvalue weighted by Crippen LogP contribution is -2.31. The van der Waals surface area contributed by atoms with Crippen molar-refractivity contribution in [1.29, 1.82) is 0 Å². The molecule has 1 amide bonds. The molecule has 0 radical (unpaired) electrons. The Morgan fingerprint density at radius 2 is 1.81 bits per heavy atom. The van der Waals surface area contributed by atoms with Gasteiger partial charge in [0.1, 0.15) is 0 Å². The number of nitrogens with zero attached hydrogens (tertiary/aromatic N) is 2. The first kappa shape index (κ1) is 11.6. The lowest BCUT2D eigenvalue weighted by atomic mass is 10.2. The van der Waals surface area contributed by atoms with Crippen molar-refractivity contribution in [1.82, 2.24) is 9.88 Å². The highest BCUT2D eigenvalue weighted by Gasteiger charge is 2.20. The molecule has 0 atom stereocenters. The highest BCUT2D eigenvalue weighted by Crippen LogP contribution is 2.19. The molecular weight excluding hydrogens is 220 g/mol. The van der Waals surface area contributed by atoms with Gasteiger partial charge in [0.25, 0.3) is 5.91 Å². The SMILES string of the molecule is Cc1nc(C(=O)N2CCCCCC2)sc1C. The molecular formula is C12H18N2OS. The van der Waals surface area contributed by atoms with Crippen LogP contribution in [-0.2, 0) is 0 Å². The van der Waals surface area contributed by atoms with Gasteiger partial charge in [-0.3, -0.25) is 4.79 Å². The summed E-state index contributed by atoms with van der Waals surface area (Å²) in [6.45, 7) is 5.78. The summed E-state index contributed by atoms with van der Waals surface area (Å²) >= 11 is 1.52. The molecule has 1 saturated heterocycles. The molecule has 1 aliphatic rings. The standard InChI is InChI=1S/C12H18N2OS/c1-9-10(2)16-11(13-9)12(15)14-7-5-3-4-6-8-14/h3-8H2,1-2H3. The van der Waals surface area contributed by atoms with E-state index in [2.05, 4.69) is 4.98 Å². The van der Waals surface area contributed by atoms with E-state index in [0.717, 1.165) is 36.5 Å². The minimum Gasteiger partial charge on any atom is -0.337 e. The zero-order valence-electron chi connectivity index (χ0n) is 9.95. The van der Waals surface area contributed by atoms with Crippen molar-refractivity contribution < 1.29 is 4.79 Å². The molecule has 2 heterocycles. The van der Waals surface area contributed by atoms with Gasteiger partial charge in [0.05, 0.1) is 5.69 Å². The molecule has 0 spiro atoms. The third-order valence-corrected chi connectivity index (χ3v) is 4.17. The number of aromatic nitrogens is 1. The molecule has 1 aliphatic heterocycles. The predicted molar refractivity (Wildman–Crippen MR) is 66.0 cm³/mol. The molecule has 0 bridgehead atoms. The highest BCUT2D eigenvalue weighted by molar-refractivity contribution is 7.13. The summed E-state index contributed by atoms with van der Waals surface area (Å²) in [7, 11) is 0. The molecule has 4 heteroatoms. The first-order valence-electron chi connectivity index (χ1n) is 5.92. The molecule has 0 saturated carbocycles. The number of rotatable bonds is 1. The van der Waals surface area contributed by atoms with Crippen molar-refractivity contribution in [2.45, 2.75) is 39.5 Å². The number of amides is 1. The fourth-order valence-corrected chi connectivity index (χ4v) is 2.86.